The predicted molar refractivity (Wildman–Crippen MR) is 100 cm³/mol. The van der Waals surface area contributed by atoms with Crippen molar-refractivity contribution in [3.63, 3.8) is 0 Å². The standard InChI is InChI=1S/C19H18N4O3S/c24-17(11-15-13-27-18(21-15)16-3-1-2-5-20-16)22-6-8-23(9-7-22)19(25)14-4-10-26-12-14/h1-5,10,12-13H,6-9,11H2. The van der Waals surface area contributed by atoms with Crippen LogP contribution < -0.4 is 0 Å². The van der Waals surface area contributed by atoms with Crippen molar-refractivity contribution in [3.05, 3.63) is 59.6 Å². The molecule has 4 rings (SSSR count). The van der Waals surface area contributed by atoms with Crippen LogP contribution in [-0.2, 0) is 11.2 Å². The smallest absolute Gasteiger partial charge is 0.257 e. The molecule has 0 aromatic carbocycles. The van der Waals surface area contributed by atoms with Crippen LogP contribution in [0.1, 0.15) is 16.1 Å². The molecule has 1 aliphatic rings. The van der Waals surface area contributed by atoms with E-state index in [0.29, 0.717) is 31.7 Å². The summed E-state index contributed by atoms with van der Waals surface area (Å²) in [6.07, 6.45) is 4.92. The van der Waals surface area contributed by atoms with E-state index < -0.39 is 0 Å². The van der Waals surface area contributed by atoms with Crippen molar-refractivity contribution in [2.75, 3.05) is 26.2 Å². The van der Waals surface area contributed by atoms with E-state index in [-0.39, 0.29) is 18.2 Å². The predicted octanol–water partition coefficient (Wildman–Crippen LogP) is 2.33. The average Bonchev–Trinajstić information content (AvgIpc) is 3.40. The molecule has 0 radical (unpaired) electrons. The molecule has 0 aliphatic carbocycles. The van der Waals surface area contributed by atoms with Gasteiger partial charge < -0.3 is 14.2 Å². The number of aromatic nitrogens is 2. The summed E-state index contributed by atoms with van der Waals surface area (Å²) in [5, 5.41) is 2.72. The summed E-state index contributed by atoms with van der Waals surface area (Å²) in [7, 11) is 0. The van der Waals surface area contributed by atoms with Crippen molar-refractivity contribution < 1.29 is 14.0 Å². The van der Waals surface area contributed by atoms with Gasteiger partial charge in [0, 0.05) is 37.8 Å². The van der Waals surface area contributed by atoms with E-state index in [1.54, 1.807) is 22.1 Å². The van der Waals surface area contributed by atoms with Gasteiger partial charge in [-0.05, 0) is 18.2 Å². The van der Waals surface area contributed by atoms with Gasteiger partial charge >= 0.3 is 0 Å². The number of amides is 2. The number of thiazole rings is 1. The fourth-order valence-electron chi connectivity index (χ4n) is 2.99. The van der Waals surface area contributed by atoms with Crippen molar-refractivity contribution >= 4 is 23.2 Å². The number of pyridine rings is 1. The first-order valence-corrected chi connectivity index (χ1v) is 9.54. The SMILES string of the molecule is O=C(Cc1csc(-c2ccccn2)n1)N1CCN(C(=O)c2ccoc2)CC1. The first-order chi connectivity index (χ1) is 13.2. The van der Waals surface area contributed by atoms with E-state index in [2.05, 4.69) is 9.97 Å². The minimum absolute atomic E-state index is 0.0308. The number of furan rings is 1. The van der Waals surface area contributed by atoms with Crippen LogP contribution in [0.4, 0.5) is 0 Å². The van der Waals surface area contributed by atoms with Crippen LogP contribution in [0.15, 0.2) is 52.8 Å². The van der Waals surface area contributed by atoms with E-state index in [0.717, 1.165) is 16.4 Å². The molecule has 3 aromatic rings. The normalized spacial score (nSPS) is 14.4. The monoisotopic (exact) mass is 382 g/mol. The summed E-state index contributed by atoms with van der Waals surface area (Å²) in [6.45, 7) is 2.09. The molecular weight excluding hydrogens is 364 g/mol. The van der Waals surface area contributed by atoms with E-state index in [4.69, 9.17) is 4.42 Å². The Labute approximate surface area is 160 Å². The molecule has 0 N–H and O–H groups in total. The molecule has 1 fully saturated rings. The Morgan fingerprint density at radius 1 is 1.11 bits per heavy atom. The van der Waals surface area contributed by atoms with Gasteiger partial charge in [0.25, 0.3) is 5.91 Å². The fourth-order valence-corrected chi connectivity index (χ4v) is 3.78. The Bertz CT molecular complexity index is 916. The number of hydrogen-bond acceptors (Lipinski definition) is 6. The molecule has 0 unspecified atom stereocenters. The topological polar surface area (TPSA) is 79.5 Å². The molecule has 1 saturated heterocycles. The molecule has 0 saturated carbocycles. The summed E-state index contributed by atoms with van der Waals surface area (Å²) >= 11 is 1.49. The van der Waals surface area contributed by atoms with Gasteiger partial charge in [0.2, 0.25) is 5.91 Å². The highest BCUT2D eigenvalue weighted by Crippen LogP contribution is 2.22. The zero-order valence-electron chi connectivity index (χ0n) is 14.6. The van der Waals surface area contributed by atoms with E-state index in [9.17, 15) is 9.59 Å². The van der Waals surface area contributed by atoms with E-state index >= 15 is 0 Å². The van der Waals surface area contributed by atoms with Crippen LogP contribution in [-0.4, -0.2) is 57.8 Å². The van der Waals surface area contributed by atoms with Crippen molar-refractivity contribution in [1.82, 2.24) is 19.8 Å². The maximum atomic E-state index is 12.6. The van der Waals surface area contributed by atoms with Gasteiger partial charge in [-0.15, -0.1) is 11.3 Å². The summed E-state index contributed by atoms with van der Waals surface area (Å²) in [5.41, 5.74) is 2.11. The van der Waals surface area contributed by atoms with Crippen LogP contribution in [0.5, 0.6) is 0 Å². The summed E-state index contributed by atoms with van der Waals surface area (Å²) in [6, 6.07) is 7.33. The molecular formula is C19H18N4O3S. The third-order valence-electron chi connectivity index (χ3n) is 4.46. The van der Waals surface area contributed by atoms with Crippen molar-refractivity contribution in [2.24, 2.45) is 0 Å². The molecule has 0 bridgehead atoms. The minimum atomic E-state index is -0.0599. The maximum absolute atomic E-state index is 12.6. The molecule has 138 valence electrons. The van der Waals surface area contributed by atoms with Gasteiger partial charge in [-0.25, -0.2) is 4.98 Å². The molecule has 0 spiro atoms. The lowest BCUT2D eigenvalue weighted by Crippen LogP contribution is -2.50. The third kappa shape index (κ3) is 3.90. The number of carbonyl (C=O) groups is 2. The Morgan fingerprint density at radius 3 is 2.63 bits per heavy atom. The highest BCUT2D eigenvalue weighted by Gasteiger charge is 2.25. The molecule has 0 atom stereocenters. The number of carbonyl (C=O) groups excluding carboxylic acids is 2. The van der Waals surface area contributed by atoms with Crippen molar-refractivity contribution in [2.45, 2.75) is 6.42 Å². The largest absolute Gasteiger partial charge is 0.472 e. The number of piperazine rings is 1. The van der Waals surface area contributed by atoms with Crippen LogP contribution in [0.3, 0.4) is 0 Å². The number of hydrogen-bond donors (Lipinski definition) is 0. The lowest BCUT2D eigenvalue weighted by Gasteiger charge is -2.34. The Hall–Kier alpha value is -3.00. The highest BCUT2D eigenvalue weighted by atomic mass is 32.1. The van der Waals surface area contributed by atoms with Gasteiger partial charge in [0.05, 0.1) is 29.6 Å². The van der Waals surface area contributed by atoms with E-state index in [1.807, 2.05) is 23.6 Å². The molecule has 8 heteroatoms. The lowest BCUT2D eigenvalue weighted by atomic mass is 10.2. The molecule has 4 heterocycles. The van der Waals surface area contributed by atoms with Gasteiger partial charge in [-0.1, -0.05) is 6.07 Å². The van der Waals surface area contributed by atoms with Crippen LogP contribution in [0.2, 0.25) is 0 Å². The quantitative estimate of drug-likeness (QED) is 0.692. The summed E-state index contributed by atoms with van der Waals surface area (Å²) in [5.74, 6) is -0.0290. The Balaban J connectivity index is 1.32. The number of rotatable bonds is 4. The zero-order chi connectivity index (χ0) is 18.6. The third-order valence-corrected chi connectivity index (χ3v) is 5.37. The minimum Gasteiger partial charge on any atom is -0.472 e. The Kier molecular flexibility index (Phi) is 4.97. The summed E-state index contributed by atoms with van der Waals surface area (Å²) in [4.78, 5) is 37.2. The summed E-state index contributed by atoms with van der Waals surface area (Å²) < 4.78 is 4.96. The second kappa shape index (κ2) is 7.71. The van der Waals surface area contributed by atoms with Crippen LogP contribution in [0, 0.1) is 0 Å². The van der Waals surface area contributed by atoms with Gasteiger partial charge in [0.15, 0.2) is 0 Å². The first-order valence-electron chi connectivity index (χ1n) is 8.66. The van der Waals surface area contributed by atoms with Crippen LogP contribution in [0.25, 0.3) is 10.7 Å². The molecule has 1 aliphatic heterocycles. The maximum Gasteiger partial charge on any atom is 0.257 e. The second-order valence-corrected chi connectivity index (χ2v) is 7.08. The lowest BCUT2D eigenvalue weighted by molar-refractivity contribution is -0.132. The van der Waals surface area contributed by atoms with Crippen molar-refractivity contribution in [3.8, 4) is 10.7 Å². The van der Waals surface area contributed by atoms with Gasteiger partial charge in [-0.3, -0.25) is 14.6 Å². The van der Waals surface area contributed by atoms with Gasteiger partial charge in [0.1, 0.15) is 11.3 Å². The molecule has 27 heavy (non-hydrogen) atoms. The average molecular weight is 382 g/mol. The van der Waals surface area contributed by atoms with Crippen molar-refractivity contribution in [1.29, 1.82) is 0 Å². The highest BCUT2D eigenvalue weighted by molar-refractivity contribution is 7.13. The first kappa shape index (κ1) is 17.4. The second-order valence-electron chi connectivity index (χ2n) is 6.22. The Morgan fingerprint density at radius 2 is 1.93 bits per heavy atom. The molecule has 2 amide bonds. The zero-order valence-corrected chi connectivity index (χ0v) is 15.4. The van der Waals surface area contributed by atoms with E-state index in [1.165, 1.54) is 23.9 Å². The molecule has 3 aromatic heterocycles. The fraction of sp³-hybridized carbons (Fsp3) is 0.263. The molecule has 7 nitrogen and oxygen atoms in total. The van der Waals surface area contributed by atoms with Crippen LogP contribution >= 0.6 is 11.3 Å². The number of nitrogens with zero attached hydrogens (tertiary/aromatic N) is 4. The van der Waals surface area contributed by atoms with Gasteiger partial charge in [-0.2, -0.15) is 0 Å².